The van der Waals surface area contributed by atoms with Gasteiger partial charge in [0.05, 0.1) is 0 Å². The summed E-state index contributed by atoms with van der Waals surface area (Å²) in [4.78, 5) is 0. The molecule has 1 aliphatic carbocycles. The van der Waals surface area contributed by atoms with Crippen molar-refractivity contribution in [3.8, 4) is 0 Å². The summed E-state index contributed by atoms with van der Waals surface area (Å²) in [6, 6.07) is 1.59. The molecule has 0 aromatic heterocycles. The van der Waals surface area contributed by atoms with Crippen LogP contribution in [0.4, 0.5) is 0 Å². The van der Waals surface area contributed by atoms with Gasteiger partial charge in [-0.05, 0) is 38.5 Å². The molecular formula is C11H23N. The first-order valence-electron chi connectivity index (χ1n) is 5.44. The first-order chi connectivity index (χ1) is 5.68. The van der Waals surface area contributed by atoms with E-state index in [1.807, 2.05) is 0 Å². The van der Waals surface area contributed by atoms with Crippen LogP contribution >= 0.6 is 0 Å². The number of hydrogen-bond acceptors (Lipinski definition) is 1. The average molecular weight is 169 g/mol. The van der Waals surface area contributed by atoms with Gasteiger partial charge in [-0.3, -0.25) is 0 Å². The number of rotatable bonds is 5. The predicted octanol–water partition coefficient (Wildman–Crippen LogP) is 2.95. The van der Waals surface area contributed by atoms with Gasteiger partial charge in [0, 0.05) is 12.1 Å². The molecule has 1 aliphatic rings. The molecule has 1 heteroatoms. The zero-order valence-electron chi connectivity index (χ0n) is 8.77. The molecule has 0 saturated heterocycles. The lowest BCUT2D eigenvalue weighted by atomic mass is 9.92. The highest BCUT2D eigenvalue weighted by Gasteiger charge is 2.18. The smallest absolute Gasteiger partial charge is 0.00695 e. The Morgan fingerprint density at radius 2 is 1.83 bits per heavy atom. The first kappa shape index (κ1) is 10.0. The third-order valence-corrected chi connectivity index (χ3v) is 2.80. The molecule has 72 valence electrons. The average Bonchev–Trinajstić information content (AvgIpc) is 1.93. The summed E-state index contributed by atoms with van der Waals surface area (Å²) >= 11 is 0. The van der Waals surface area contributed by atoms with Gasteiger partial charge in [-0.15, -0.1) is 0 Å². The number of hydrogen-bond donors (Lipinski definition) is 1. The third kappa shape index (κ3) is 3.57. The van der Waals surface area contributed by atoms with E-state index in [4.69, 9.17) is 0 Å². The quantitative estimate of drug-likeness (QED) is 0.667. The summed E-state index contributed by atoms with van der Waals surface area (Å²) in [6.45, 7) is 6.92. The summed E-state index contributed by atoms with van der Waals surface area (Å²) < 4.78 is 0. The zero-order valence-corrected chi connectivity index (χ0v) is 8.77. The van der Waals surface area contributed by atoms with Gasteiger partial charge in [0.25, 0.3) is 0 Å². The van der Waals surface area contributed by atoms with Crippen LogP contribution in [0.2, 0.25) is 0 Å². The van der Waals surface area contributed by atoms with Crippen molar-refractivity contribution in [2.24, 2.45) is 5.92 Å². The Morgan fingerprint density at radius 1 is 1.17 bits per heavy atom. The molecule has 12 heavy (non-hydrogen) atoms. The zero-order chi connectivity index (χ0) is 8.97. The molecule has 1 saturated carbocycles. The van der Waals surface area contributed by atoms with Crippen molar-refractivity contribution >= 4 is 0 Å². The fraction of sp³-hybridized carbons (Fsp3) is 1.00. The van der Waals surface area contributed by atoms with Gasteiger partial charge in [0.2, 0.25) is 0 Å². The Kier molecular flexibility index (Phi) is 4.07. The standard InChI is InChI=1S/C11H23N/c1-9(2)7-8-10(3)12-11-5-4-6-11/h9-12H,4-8H2,1-3H3. The molecule has 0 aliphatic heterocycles. The summed E-state index contributed by atoms with van der Waals surface area (Å²) in [7, 11) is 0. The van der Waals surface area contributed by atoms with Crippen molar-refractivity contribution in [1.82, 2.24) is 5.32 Å². The lowest BCUT2D eigenvalue weighted by Crippen LogP contribution is -2.40. The van der Waals surface area contributed by atoms with Crippen molar-refractivity contribution in [3.63, 3.8) is 0 Å². The van der Waals surface area contributed by atoms with Gasteiger partial charge in [-0.2, -0.15) is 0 Å². The fourth-order valence-corrected chi connectivity index (χ4v) is 1.64. The minimum absolute atomic E-state index is 0.734. The maximum absolute atomic E-state index is 3.67. The molecule has 0 aromatic carbocycles. The second-order valence-corrected chi connectivity index (χ2v) is 4.67. The molecule has 1 N–H and O–H groups in total. The van der Waals surface area contributed by atoms with Crippen LogP contribution in [0, 0.1) is 5.92 Å². The van der Waals surface area contributed by atoms with Gasteiger partial charge < -0.3 is 5.32 Å². The molecule has 1 fully saturated rings. The van der Waals surface area contributed by atoms with E-state index in [0.717, 1.165) is 18.0 Å². The lowest BCUT2D eigenvalue weighted by Gasteiger charge is -2.30. The van der Waals surface area contributed by atoms with E-state index in [9.17, 15) is 0 Å². The first-order valence-corrected chi connectivity index (χ1v) is 5.44. The van der Waals surface area contributed by atoms with Crippen LogP contribution in [0.5, 0.6) is 0 Å². The molecule has 1 rings (SSSR count). The Bertz CT molecular complexity index is 116. The van der Waals surface area contributed by atoms with Gasteiger partial charge in [-0.25, -0.2) is 0 Å². The SMILES string of the molecule is CC(C)CCC(C)NC1CCC1. The summed E-state index contributed by atoms with van der Waals surface area (Å²) in [5, 5.41) is 3.67. The molecule has 0 spiro atoms. The molecule has 1 unspecified atom stereocenters. The molecule has 0 bridgehead atoms. The third-order valence-electron chi connectivity index (χ3n) is 2.80. The minimum atomic E-state index is 0.734. The van der Waals surface area contributed by atoms with Gasteiger partial charge >= 0.3 is 0 Å². The van der Waals surface area contributed by atoms with E-state index in [1.54, 1.807) is 0 Å². The van der Waals surface area contributed by atoms with Crippen molar-refractivity contribution in [1.29, 1.82) is 0 Å². The minimum Gasteiger partial charge on any atom is -0.312 e. The highest BCUT2D eigenvalue weighted by Crippen LogP contribution is 2.19. The summed E-state index contributed by atoms with van der Waals surface area (Å²) in [5.74, 6) is 0.857. The second-order valence-electron chi connectivity index (χ2n) is 4.67. The summed E-state index contributed by atoms with van der Waals surface area (Å²) in [6.07, 6.45) is 6.96. The van der Waals surface area contributed by atoms with Crippen molar-refractivity contribution < 1.29 is 0 Å². The van der Waals surface area contributed by atoms with Crippen molar-refractivity contribution in [3.05, 3.63) is 0 Å². The van der Waals surface area contributed by atoms with Gasteiger partial charge in [0.1, 0.15) is 0 Å². The van der Waals surface area contributed by atoms with Crippen LogP contribution in [0.3, 0.4) is 0 Å². The molecular weight excluding hydrogens is 146 g/mol. The van der Waals surface area contributed by atoms with Crippen LogP contribution in [0.15, 0.2) is 0 Å². The Balaban J connectivity index is 1.98. The second kappa shape index (κ2) is 4.86. The van der Waals surface area contributed by atoms with Crippen LogP contribution in [-0.4, -0.2) is 12.1 Å². The Morgan fingerprint density at radius 3 is 2.25 bits per heavy atom. The monoisotopic (exact) mass is 169 g/mol. The highest BCUT2D eigenvalue weighted by atomic mass is 15.0. The van der Waals surface area contributed by atoms with E-state index in [1.165, 1.54) is 32.1 Å². The largest absolute Gasteiger partial charge is 0.312 e. The summed E-state index contributed by atoms with van der Waals surface area (Å²) in [5.41, 5.74) is 0. The highest BCUT2D eigenvalue weighted by molar-refractivity contribution is 4.79. The van der Waals surface area contributed by atoms with E-state index < -0.39 is 0 Å². The van der Waals surface area contributed by atoms with Crippen LogP contribution in [0.25, 0.3) is 0 Å². The molecule has 0 radical (unpaired) electrons. The topological polar surface area (TPSA) is 12.0 Å². The normalized spacial score (nSPS) is 21.0. The van der Waals surface area contributed by atoms with Gasteiger partial charge in [-0.1, -0.05) is 20.3 Å². The molecule has 1 atom stereocenters. The van der Waals surface area contributed by atoms with Gasteiger partial charge in [0.15, 0.2) is 0 Å². The molecule has 1 nitrogen and oxygen atoms in total. The van der Waals surface area contributed by atoms with E-state index >= 15 is 0 Å². The molecule has 0 heterocycles. The van der Waals surface area contributed by atoms with Crippen LogP contribution in [-0.2, 0) is 0 Å². The predicted molar refractivity (Wildman–Crippen MR) is 54.3 cm³/mol. The molecule has 0 amide bonds. The van der Waals surface area contributed by atoms with Crippen molar-refractivity contribution in [2.75, 3.05) is 0 Å². The maximum atomic E-state index is 3.67. The molecule has 0 aromatic rings. The van der Waals surface area contributed by atoms with E-state index in [2.05, 4.69) is 26.1 Å². The Hall–Kier alpha value is -0.0400. The van der Waals surface area contributed by atoms with Crippen molar-refractivity contribution in [2.45, 2.75) is 65.0 Å². The fourth-order valence-electron chi connectivity index (χ4n) is 1.64. The van der Waals surface area contributed by atoms with Crippen LogP contribution in [0.1, 0.15) is 52.9 Å². The van der Waals surface area contributed by atoms with E-state index in [0.29, 0.717) is 0 Å². The van der Waals surface area contributed by atoms with E-state index in [-0.39, 0.29) is 0 Å². The number of nitrogens with one attached hydrogen (secondary N) is 1. The lowest BCUT2D eigenvalue weighted by molar-refractivity contribution is 0.297. The maximum Gasteiger partial charge on any atom is 0.00695 e. The Labute approximate surface area is 76.9 Å². The van der Waals surface area contributed by atoms with Crippen LogP contribution < -0.4 is 5.32 Å².